The summed E-state index contributed by atoms with van der Waals surface area (Å²) in [6, 6.07) is 13.4. The number of ether oxygens (including phenoxy) is 2. The van der Waals surface area contributed by atoms with Gasteiger partial charge >= 0.3 is 0 Å². The number of carbonyl (C=O) groups excluding carboxylic acids is 3. The van der Waals surface area contributed by atoms with Crippen LogP contribution in [0.3, 0.4) is 0 Å². The van der Waals surface area contributed by atoms with E-state index in [1.54, 1.807) is 50.4 Å². The summed E-state index contributed by atoms with van der Waals surface area (Å²) in [7, 11) is 1.59. The van der Waals surface area contributed by atoms with Crippen LogP contribution in [-0.4, -0.2) is 42.4 Å². The van der Waals surface area contributed by atoms with Gasteiger partial charge in [0.1, 0.15) is 17.5 Å². The van der Waals surface area contributed by atoms with E-state index >= 15 is 0 Å². The molecule has 0 aliphatic carbocycles. The van der Waals surface area contributed by atoms with Crippen molar-refractivity contribution in [3.8, 4) is 11.5 Å². The maximum absolute atomic E-state index is 13.2. The fourth-order valence-corrected chi connectivity index (χ4v) is 3.54. The first-order chi connectivity index (χ1) is 15.0. The SMILES string of the molecule is CCCOc1ccc(N2C(=O)C[C@@H](N(Cc3ccc(OC)cc3)C(=O)CC)C2=O)cc1. The number of hydrogen-bond donors (Lipinski definition) is 0. The number of methoxy groups -OCH3 is 1. The number of amides is 3. The maximum atomic E-state index is 13.2. The minimum Gasteiger partial charge on any atom is -0.497 e. The fourth-order valence-electron chi connectivity index (χ4n) is 3.54. The summed E-state index contributed by atoms with van der Waals surface area (Å²) >= 11 is 0. The van der Waals surface area contributed by atoms with Crippen molar-refractivity contribution in [1.82, 2.24) is 4.90 Å². The first-order valence-electron chi connectivity index (χ1n) is 10.5. The van der Waals surface area contributed by atoms with E-state index in [1.807, 2.05) is 19.1 Å². The summed E-state index contributed by atoms with van der Waals surface area (Å²) in [5, 5.41) is 0. The monoisotopic (exact) mass is 424 g/mol. The largest absolute Gasteiger partial charge is 0.497 e. The highest BCUT2D eigenvalue weighted by atomic mass is 16.5. The number of benzene rings is 2. The van der Waals surface area contributed by atoms with Crippen LogP contribution in [0.4, 0.5) is 5.69 Å². The second kappa shape index (κ2) is 10.1. The lowest BCUT2D eigenvalue weighted by molar-refractivity contribution is -0.138. The van der Waals surface area contributed by atoms with Crippen molar-refractivity contribution in [2.24, 2.45) is 0 Å². The van der Waals surface area contributed by atoms with Gasteiger partial charge in [0.05, 0.1) is 25.8 Å². The molecule has 0 bridgehead atoms. The highest BCUT2D eigenvalue weighted by Crippen LogP contribution is 2.29. The van der Waals surface area contributed by atoms with Gasteiger partial charge in [-0.1, -0.05) is 26.0 Å². The predicted octanol–water partition coefficient (Wildman–Crippen LogP) is 3.55. The fraction of sp³-hybridized carbons (Fsp3) is 0.375. The van der Waals surface area contributed by atoms with Gasteiger partial charge in [0.25, 0.3) is 5.91 Å². The van der Waals surface area contributed by atoms with E-state index < -0.39 is 6.04 Å². The molecule has 0 saturated carbocycles. The average molecular weight is 424 g/mol. The molecule has 7 heteroatoms. The standard InChI is InChI=1S/C24H28N2O5/c1-4-14-31-20-12-8-18(9-13-20)26-23(28)15-21(24(26)29)25(22(27)5-2)16-17-6-10-19(30-3)11-7-17/h6-13,21H,4-5,14-16H2,1-3H3/t21-/m1/s1. The molecule has 31 heavy (non-hydrogen) atoms. The molecule has 1 atom stereocenters. The molecule has 1 aliphatic heterocycles. The van der Waals surface area contributed by atoms with Crippen LogP contribution in [0.15, 0.2) is 48.5 Å². The molecule has 3 amide bonds. The van der Waals surface area contributed by atoms with Crippen LogP contribution in [0.1, 0.15) is 38.7 Å². The maximum Gasteiger partial charge on any atom is 0.257 e. The van der Waals surface area contributed by atoms with Gasteiger partial charge in [0.2, 0.25) is 11.8 Å². The van der Waals surface area contributed by atoms with E-state index in [0.29, 0.717) is 23.8 Å². The molecule has 1 aliphatic rings. The Kier molecular flexibility index (Phi) is 7.28. The lowest BCUT2D eigenvalue weighted by Gasteiger charge is -2.27. The van der Waals surface area contributed by atoms with Crippen molar-refractivity contribution in [2.45, 2.75) is 45.7 Å². The van der Waals surface area contributed by atoms with Crippen LogP contribution < -0.4 is 14.4 Å². The van der Waals surface area contributed by atoms with Crippen LogP contribution in [-0.2, 0) is 20.9 Å². The molecule has 1 heterocycles. The third-order valence-corrected chi connectivity index (χ3v) is 5.20. The van der Waals surface area contributed by atoms with E-state index in [1.165, 1.54) is 4.90 Å². The zero-order valence-electron chi connectivity index (χ0n) is 18.2. The molecular weight excluding hydrogens is 396 g/mol. The van der Waals surface area contributed by atoms with Crippen LogP contribution in [0.25, 0.3) is 0 Å². The Morgan fingerprint density at radius 2 is 1.68 bits per heavy atom. The number of rotatable bonds is 9. The molecule has 7 nitrogen and oxygen atoms in total. The van der Waals surface area contributed by atoms with Crippen LogP contribution >= 0.6 is 0 Å². The highest BCUT2D eigenvalue weighted by molar-refractivity contribution is 6.23. The first kappa shape index (κ1) is 22.3. The summed E-state index contributed by atoms with van der Waals surface area (Å²) in [5.74, 6) is 0.515. The summed E-state index contributed by atoms with van der Waals surface area (Å²) in [6.07, 6.45) is 1.11. The minimum absolute atomic E-state index is 0.0329. The van der Waals surface area contributed by atoms with Crippen LogP contribution in [0.5, 0.6) is 11.5 Å². The second-order valence-corrected chi connectivity index (χ2v) is 7.35. The van der Waals surface area contributed by atoms with Gasteiger partial charge in [-0.3, -0.25) is 14.4 Å². The van der Waals surface area contributed by atoms with Gasteiger partial charge in [-0.25, -0.2) is 4.90 Å². The third kappa shape index (κ3) is 5.05. The van der Waals surface area contributed by atoms with Crippen LogP contribution in [0, 0.1) is 0 Å². The van der Waals surface area contributed by atoms with E-state index in [4.69, 9.17) is 9.47 Å². The van der Waals surface area contributed by atoms with E-state index in [-0.39, 0.29) is 37.1 Å². The number of nitrogens with zero attached hydrogens (tertiary/aromatic N) is 2. The Morgan fingerprint density at radius 3 is 2.26 bits per heavy atom. The lowest BCUT2D eigenvalue weighted by Crippen LogP contribution is -2.44. The molecule has 2 aromatic carbocycles. The molecule has 0 aromatic heterocycles. The number of anilines is 1. The molecule has 3 rings (SSSR count). The second-order valence-electron chi connectivity index (χ2n) is 7.35. The number of carbonyl (C=O) groups is 3. The number of imide groups is 1. The molecule has 0 radical (unpaired) electrons. The third-order valence-electron chi connectivity index (χ3n) is 5.20. The van der Waals surface area contributed by atoms with Crippen molar-refractivity contribution in [3.63, 3.8) is 0 Å². The zero-order chi connectivity index (χ0) is 22.4. The van der Waals surface area contributed by atoms with Crippen molar-refractivity contribution in [1.29, 1.82) is 0 Å². The smallest absolute Gasteiger partial charge is 0.257 e. The quantitative estimate of drug-likeness (QED) is 0.576. The molecule has 1 fully saturated rings. The Labute approximate surface area is 182 Å². The van der Waals surface area contributed by atoms with Gasteiger partial charge in [-0.2, -0.15) is 0 Å². The van der Waals surface area contributed by atoms with Gasteiger partial charge in [-0.05, 0) is 48.4 Å². The Bertz CT molecular complexity index is 924. The molecule has 164 valence electrons. The summed E-state index contributed by atoms with van der Waals surface area (Å²) in [5.41, 5.74) is 1.34. The Hall–Kier alpha value is -3.35. The molecule has 1 saturated heterocycles. The van der Waals surface area contributed by atoms with Crippen molar-refractivity contribution < 1.29 is 23.9 Å². The predicted molar refractivity (Wildman–Crippen MR) is 117 cm³/mol. The average Bonchev–Trinajstić information content (AvgIpc) is 3.09. The summed E-state index contributed by atoms with van der Waals surface area (Å²) in [6.45, 7) is 4.61. The molecule has 0 N–H and O–H groups in total. The van der Waals surface area contributed by atoms with Gasteiger partial charge < -0.3 is 14.4 Å². The van der Waals surface area contributed by atoms with Gasteiger partial charge in [0, 0.05) is 13.0 Å². The summed E-state index contributed by atoms with van der Waals surface area (Å²) < 4.78 is 10.7. The van der Waals surface area contributed by atoms with Crippen molar-refractivity contribution in [2.75, 3.05) is 18.6 Å². The zero-order valence-corrected chi connectivity index (χ0v) is 18.2. The Balaban J connectivity index is 1.80. The van der Waals surface area contributed by atoms with Crippen molar-refractivity contribution in [3.05, 3.63) is 54.1 Å². The minimum atomic E-state index is -0.821. The molecular formula is C24H28N2O5. The number of hydrogen-bond acceptors (Lipinski definition) is 5. The first-order valence-corrected chi connectivity index (χ1v) is 10.5. The van der Waals surface area contributed by atoms with E-state index in [9.17, 15) is 14.4 Å². The molecule has 2 aromatic rings. The van der Waals surface area contributed by atoms with E-state index in [0.717, 1.165) is 16.9 Å². The highest BCUT2D eigenvalue weighted by Gasteiger charge is 2.44. The van der Waals surface area contributed by atoms with E-state index in [2.05, 4.69) is 0 Å². The van der Waals surface area contributed by atoms with Gasteiger partial charge in [0.15, 0.2) is 0 Å². The Morgan fingerprint density at radius 1 is 1.03 bits per heavy atom. The van der Waals surface area contributed by atoms with Gasteiger partial charge in [-0.15, -0.1) is 0 Å². The van der Waals surface area contributed by atoms with Crippen LogP contribution in [0.2, 0.25) is 0 Å². The lowest BCUT2D eigenvalue weighted by atomic mass is 10.1. The summed E-state index contributed by atoms with van der Waals surface area (Å²) in [4.78, 5) is 41.2. The molecule has 0 unspecified atom stereocenters. The normalized spacial score (nSPS) is 15.8. The molecule has 0 spiro atoms. The topological polar surface area (TPSA) is 76.2 Å². The van der Waals surface area contributed by atoms with Crippen molar-refractivity contribution >= 4 is 23.4 Å².